The molecule has 2 heterocycles. The summed E-state index contributed by atoms with van der Waals surface area (Å²) in [5.74, 6) is 1.23. The highest BCUT2D eigenvalue weighted by Crippen LogP contribution is 2.36. The van der Waals surface area contributed by atoms with Gasteiger partial charge in [0.25, 0.3) is 0 Å². The maximum Gasteiger partial charge on any atom is 0.333 e. The van der Waals surface area contributed by atoms with E-state index in [2.05, 4.69) is 16.9 Å². The van der Waals surface area contributed by atoms with E-state index in [4.69, 9.17) is 5.73 Å². The topological polar surface area (TPSA) is 90.2 Å². The fourth-order valence-corrected chi connectivity index (χ4v) is 3.03. The summed E-state index contributed by atoms with van der Waals surface area (Å²) in [6.07, 6.45) is 2.00. The molecular formula is C13H23N5O2. The molecule has 0 radical (unpaired) electrons. The molecule has 1 aliphatic rings. The molecule has 0 bridgehead atoms. The monoisotopic (exact) mass is 281 g/mol. The number of nitrogens with two attached hydrogens (primary N) is 1. The maximum atomic E-state index is 11.4. The Morgan fingerprint density at radius 3 is 2.80 bits per heavy atom. The lowest BCUT2D eigenvalue weighted by atomic mass is 9.92. The molecule has 1 saturated heterocycles. The van der Waals surface area contributed by atoms with Crippen molar-refractivity contribution in [3.05, 3.63) is 15.8 Å². The molecule has 2 rings (SSSR count). The Balaban J connectivity index is 2.47. The zero-order chi connectivity index (χ0) is 14.9. The van der Waals surface area contributed by atoms with Crippen LogP contribution in [0.3, 0.4) is 0 Å². The van der Waals surface area contributed by atoms with E-state index < -0.39 is 0 Å². The van der Waals surface area contributed by atoms with Crippen molar-refractivity contribution in [1.29, 1.82) is 0 Å². The van der Waals surface area contributed by atoms with Gasteiger partial charge in [-0.15, -0.1) is 0 Å². The number of rotatable bonds is 4. The van der Waals surface area contributed by atoms with Gasteiger partial charge in [0.2, 0.25) is 5.82 Å². The van der Waals surface area contributed by atoms with Crippen LogP contribution < -0.4 is 10.6 Å². The van der Waals surface area contributed by atoms with Gasteiger partial charge in [0.15, 0.2) is 0 Å². The van der Waals surface area contributed by atoms with Gasteiger partial charge in [0, 0.05) is 25.7 Å². The first-order chi connectivity index (χ1) is 9.49. The Bertz CT molecular complexity index is 499. The molecule has 0 saturated carbocycles. The smallest absolute Gasteiger partial charge is 0.333 e. The van der Waals surface area contributed by atoms with Gasteiger partial charge in [-0.05, 0) is 32.6 Å². The summed E-state index contributed by atoms with van der Waals surface area (Å²) in [7, 11) is 0. The van der Waals surface area contributed by atoms with Crippen molar-refractivity contribution >= 4 is 11.5 Å². The van der Waals surface area contributed by atoms with Crippen LogP contribution in [-0.2, 0) is 6.54 Å². The number of aromatic nitrogens is 2. The molecule has 1 aromatic rings. The molecule has 112 valence electrons. The third kappa shape index (κ3) is 2.49. The second-order valence-electron chi connectivity index (χ2n) is 5.54. The van der Waals surface area contributed by atoms with Crippen LogP contribution >= 0.6 is 0 Å². The number of hydrogen-bond acceptors (Lipinski definition) is 5. The first kappa shape index (κ1) is 14.8. The number of nitrogens with zero attached hydrogens (tertiary/aromatic N) is 4. The summed E-state index contributed by atoms with van der Waals surface area (Å²) in [5.41, 5.74) is 6.47. The van der Waals surface area contributed by atoms with E-state index in [1.54, 1.807) is 11.6 Å². The van der Waals surface area contributed by atoms with Gasteiger partial charge < -0.3 is 10.6 Å². The fraction of sp³-hybridized carbons (Fsp3) is 0.769. The minimum Gasteiger partial charge on any atom is -0.347 e. The first-order valence-corrected chi connectivity index (χ1v) is 7.18. The minimum atomic E-state index is -0.324. The van der Waals surface area contributed by atoms with Crippen LogP contribution in [0.15, 0.2) is 0 Å². The number of aryl methyl sites for hydroxylation is 2. The van der Waals surface area contributed by atoms with Gasteiger partial charge in [-0.1, -0.05) is 6.92 Å². The van der Waals surface area contributed by atoms with Crippen LogP contribution in [0.5, 0.6) is 0 Å². The van der Waals surface area contributed by atoms with Gasteiger partial charge in [0.05, 0.1) is 4.92 Å². The summed E-state index contributed by atoms with van der Waals surface area (Å²) >= 11 is 0. The van der Waals surface area contributed by atoms with Crippen LogP contribution in [-0.4, -0.2) is 33.8 Å². The zero-order valence-corrected chi connectivity index (χ0v) is 12.4. The van der Waals surface area contributed by atoms with Crippen molar-refractivity contribution in [2.75, 3.05) is 18.0 Å². The van der Waals surface area contributed by atoms with Gasteiger partial charge in [-0.3, -0.25) is 10.1 Å². The van der Waals surface area contributed by atoms with Crippen molar-refractivity contribution in [1.82, 2.24) is 9.78 Å². The van der Waals surface area contributed by atoms with Crippen molar-refractivity contribution in [2.45, 2.75) is 46.2 Å². The van der Waals surface area contributed by atoms with Crippen molar-refractivity contribution < 1.29 is 4.92 Å². The predicted octanol–water partition coefficient (Wildman–Crippen LogP) is 1.68. The average Bonchev–Trinajstić information content (AvgIpc) is 2.75. The highest BCUT2D eigenvalue weighted by molar-refractivity contribution is 5.62. The predicted molar refractivity (Wildman–Crippen MR) is 77.9 cm³/mol. The Kier molecular flexibility index (Phi) is 4.27. The Morgan fingerprint density at radius 1 is 1.55 bits per heavy atom. The van der Waals surface area contributed by atoms with Gasteiger partial charge in [0.1, 0.15) is 5.69 Å². The number of anilines is 1. The lowest BCUT2D eigenvalue weighted by Gasteiger charge is -2.38. The highest BCUT2D eigenvalue weighted by atomic mass is 16.6. The van der Waals surface area contributed by atoms with Crippen molar-refractivity contribution in [3.63, 3.8) is 0 Å². The van der Waals surface area contributed by atoms with Gasteiger partial charge in [-0.2, -0.15) is 5.10 Å². The second-order valence-corrected chi connectivity index (χ2v) is 5.54. The molecule has 0 amide bonds. The molecule has 20 heavy (non-hydrogen) atoms. The molecule has 2 N–H and O–H groups in total. The SMILES string of the molecule is CCn1nc(C)c([N+](=O)[O-])c1N1CCC(C)CC1CN. The normalized spacial score (nSPS) is 23.1. The van der Waals surface area contributed by atoms with E-state index >= 15 is 0 Å². The second kappa shape index (κ2) is 5.78. The lowest BCUT2D eigenvalue weighted by molar-refractivity contribution is -0.384. The van der Waals surface area contributed by atoms with Crippen LogP contribution in [0.1, 0.15) is 32.4 Å². The van der Waals surface area contributed by atoms with E-state index in [9.17, 15) is 10.1 Å². The quantitative estimate of drug-likeness (QED) is 0.670. The number of nitro groups is 1. The molecule has 2 unspecified atom stereocenters. The maximum absolute atomic E-state index is 11.4. The third-order valence-corrected chi connectivity index (χ3v) is 4.07. The van der Waals surface area contributed by atoms with E-state index in [0.717, 1.165) is 19.4 Å². The van der Waals surface area contributed by atoms with Crippen LogP contribution in [0, 0.1) is 23.0 Å². The van der Waals surface area contributed by atoms with E-state index in [0.29, 0.717) is 30.5 Å². The molecule has 0 aliphatic carbocycles. The number of hydrogen-bond donors (Lipinski definition) is 1. The number of piperidine rings is 1. The van der Waals surface area contributed by atoms with Gasteiger partial charge >= 0.3 is 5.69 Å². The largest absolute Gasteiger partial charge is 0.347 e. The standard InChI is InChI=1S/C13H23N5O2/c1-4-17-13(12(18(19)20)10(3)15-17)16-6-5-9(2)7-11(16)8-14/h9,11H,4-8,14H2,1-3H3. The van der Waals surface area contributed by atoms with E-state index in [-0.39, 0.29) is 16.7 Å². The average molecular weight is 281 g/mol. The highest BCUT2D eigenvalue weighted by Gasteiger charge is 2.35. The van der Waals surface area contributed by atoms with E-state index in [1.165, 1.54) is 0 Å². The molecule has 1 fully saturated rings. The Morgan fingerprint density at radius 2 is 2.25 bits per heavy atom. The van der Waals surface area contributed by atoms with E-state index in [1.807, 2.05) is 6.92 Å². The Hall–Kier alpha value is -1.63. The summed E-state index contributed by atoms with van der Waals surface area (Å²) in [5, 5.41) is 15.7. The molecule has 1 aromatic heterocycles. The van der Waals surface area contributed by atoms with Crippen molar-refractivity contribution in [3.8, 4) is 0 Å². The van der Waals surface area contributed by atoms with Crippen LogP contribution in [0.2, 0.25) is 0 Å². The molecule has 7 heteroatoms. The van der Waals surface area contributed by atoms with Crippen molar-refractivity contribution in [2.24, 2.45) is 11.7 Å². The van der Waals surface area contributed by atoms with Crippen LogP contribution in [0.25, 0.3) is 0 Å². The Labute approximate surface area is 118 Å². The lowest BCUT2D eigenvalue weighted by Crippen LogP contribution is -2.47. The molecule has 7 nitrogen and oxygen atoms in total. The summed E-state index contributed by atoms with van der Waals surface area (Å²) in [6.45, 7) is 7.77. The summed E-state index contributed by atoms with van der Waals surface area (Å²) in [4.78, 5) is 13.1. The molecule has 2 atom stereocenters. The minimum absolute atomic E-state index is 0.125. The third-order valence-electron chi connectivity index (χ3n) is 4.07. The molecule has 0 spiro atoms. The fourth-order valence-electron chi connectivity index (χ4n) is 3.03. The summed E-state index contributed by atoms with van der Waals surface area (Å²) < 4.78 is 1.73. The molecule has 1 aliphatic heterocycles. The zero-order valence-electron chi connectivity index (χ0n) is 12.4. The summed E-state index contributed by atoms with van der Waals surface area (Å²) in [6, 6.07) is 0.152. The van der Waals surface area contributed by atoms with Crippen LogP contribution in [0.4, 0.5) is 11.5 Å². The molecule has 0 aromatic carbocycles. The molecular weight excluding hydrogens is 258 g/mol. The first-order valence-electron chi connectivity index (χ1n) is 7.18. The van der Waals surface area contributed by atoms with Gasteiger partial charge in [-0.25, -0.2) is 4.68 Å².